The molecule has 0 bridgehead atoms. The van der Waals surface area contributed by atoms with Crippen LogP contribution in [0.5, 0.6) is 0 Å². The molecular weight excluding hydrogens is 163 g/mol. The van der Waals surface area contributed by atoms with Gasteiger partial charge in [0.05, 0.1) is 7.14 Å². The van der Waals surface area contributed by atoms with Crippen LogP contribution in [0.4, 0.5) is 0 Å². The maximum Gasteiger partial charge on any atom is 0.0957 e. The summed E-state index contributed by atoms with van der Waals surface area (Å²) in [5, 5.41) is 17.1. The molecule has 0 aromatic heterocycles. The average molecular weight is 178 g/mol. The third-order valence-corrected chi connectivity index (χ3v) is 4.43. The van der Waals surface area contributed by atoms with Crippen LogP contribution in [0.1, 0.15) is 0 Å². The van der Waals surface area contributed by atoms with Gasteiger partial charge in [-0.15, -0.1) is 6.58 Å². The number of hydrogen-bond acceptors (Lipinski definition) is 3. The topological polar surface area (TPSA) is 57.5 Å². The summed E-state index contributed by atoms with van der Waals surface area (Å²) >= 11 is 0. The molecule has 0 aliphatic rings. The summed E-state index contributed by atoms with van der Waals surface area (Å²) in [6, 6.07) is 0. The number of rotatable bonds is 6. The largest absolute Gasteiger partial charge is 0.396 e. The normalized spacial score (nSPS) is 11.5. The Kier molecular flexibility index (Phi) is 5.47. The minimum atomic E-state index is -2.34. The Bertz CT molecular complexity index is 146. The van der Waals surface area contributed by atoms with Gasteiger partial charge in [-0.3, -0.25) is 0 Å². The van der Waals surface area contributed by atoms with Gasteiger partial charge in [0.2, 0.25) is 0 Å². The molecule has 0 unspecified atom stereocenters. The molecule has 0 saturated heterocycles. The van der Waals surface area contributed by atoms with Gasteiger partial charge in [-0.25, -0.2) is 0 Å². The van der Waals surface area contributed by atoms with Crippen LogP contribution in [0, 0.1) is 0 Å². The van der Waals surface area contributed by atoms with Gasteiger partial charge in [0.25, 0.3) is 0 Å². The lowest BCUT2D eigenvalue weighted by atomic mass is 10.8. The highest BCUT2D eigenvalue weighted by molar-refractivity contribution is 7.64. The maximum absolute atomic E-state index is 11.6. The van der Waals surface area contributed by atoms with Crippen molar-refractivity contribution in [2.24, 2.45) is 0 Å². The summed E-state index contributed by atoms with van der Waals surface area (Å²) in [7, 11) is -2.34. The highest BCUT2D eigenvalue weighted by Gasteiger charge is 2.18. The van der Waals surface area contributed by atoms with Crippen LogP contribution in [0.25, 0.3) is 0 Å². The molecule has 66 valence electrons. The Hall–Kier alpha value is -0.110. The Balaban J connectivity index is 4.01. The molecule has 2 N–H and O–H groups in total. The van der Waals surface area contributed by atoms with Crippen molar-refractivity contribution in [3.8, 4) is 0 Å². The van der Waals surface area contributed by atoms with Crippen LogP contribution in [0.15, 0.2) is 12.7 Å². The van der Waals surface area contributed by atoms with E-state index in [1.54, 1.807) is 6.08 Å². The second-order valence-electron chi connectivity index (χ2n) is 2.42. The van der Waals surface area contributed by atoms with Crippen LogP contribution in [-0.2, 0) is 4.57 Å². The smallest absolute Gasteiger partial charge is 0.0957 e. The second kappa shape index (κ2) is 5.53. The lowest BCUT2D eigenvalue weighted by Gasteiger charge is -2.12. The summed E-state index contributed by atoms with van der Waals surface area (Å²) in [5.41, 5.74) is 0. The van der Waals surface area contributed by atoms with E-state index in [1.165, 1.54) is 0 Å². The highest BCUT2D eigenvalue weighted by Crippen LogP contribution is 2.44. The van der Waals surface area contributed by atoms with Crippen molar-refractivity contribution < 1.29 is 14.8 Å². The number of aliphatic hydroxyl groups is 2. The van der Waals surface area contributed by atoms with E-state index in [4.69, 9.17) is 10.2 Å². The number of aliphatic hydroxyl groups excluding tert-OH is 2. The Morgan fingerprint density at radius 1 is 1.27 bits per heavy atom. The molecule has 3 nitrogen and oxygen atoms in total. The van der Waals surface area contributed by atoms with Crippen molar-refractivity contribution >= 4 is 7.14 Å². The molecular formula is C7H15O3P. The molecule has 0 radical (unpaired) electrons. The highest BCUT2D eigenvalue weighted by atomic mass is 31.2. The minimum absolute atomic E-state index is 0.0783. The molecule has 0 fully saturated rings. The third-order valence-electron chi connectivity index (χ3n) is 1.48. The summed E-state index contributed by atoms with van der Waals surface area (Å²) in [6.45, 7) is 3.32. The number of allylic oxidation sites excluding steroid dienone is 1. The average Bonchev–Trinajstić information content (AvgIpc) is 1.88. The first-order valence-corrected chi connectivity index (χ1v) is 5.84. The molecule has 0 atom stereocenters. The van der Waals surface area contributed by atoms with Gasteiger partial charge in [0.1, 0.15) is 0 Å². The van der Waals surface area contributed by atoms with Crippen LogP contribution >= 0.6 is 7.14 Å². The van der Waals surface area contributed by atoms with Gasteiger partial charge in [-0.05, 0) is 0 Å². The fraction of sp³-hybridized carbons (Fsp3) is 0.714. The molecule has 0 aliphatic carbocycles. The maximum atomic E-state index is 11.6. The Labute approximate surface area is 67.1 Å². The first-order valence-electron chi connectivity index (χ1n) is 3.58. The van der Waals surface area contributed by atoms with E-state index in [2.05, 4.69) is 6.58 Å². The predicted octanol–water partition coefficient (Wildman–Crippen LogP) is 0.520. The standard InChI is InChI=1S/C7H15O3P/c1-2-5-11(10,6-3-8)7-4-9/h2,8-9H,1,3-7H2. The van der Waals surface area contributed by atoms with Crippen molar-refractivity contribution in [2.45, 2.75) is 0 Å². The van der Waals surface area contributed by atoms with E-state index >= 15 is 0 Å². The zero-order chi connectivity index (χ0) is 8.74. The Morgan fingerprint density at radius 2 is 1.73 bits per heavy atom. The molecule has 0 heterocycles. The molecule has 0 aromatic rings. The predicted molar refractivity (Wildman–Crippen MR) is 46.6 cm³/mol. The van der Waals surface area contributed by atoms with Gasteiger partial charge in [-0.1, -0.05) is 6.08 Å². The van der Waals surface area contributed by atoms with Crippen molar-refractivity contribution in [3.05, 3.63) is 12.7 Å². The van der Waals surface area contributed by atoms with E-state index < -0.39 is 7.14 Å². The van der Waals surface area contributed by atoms with Gasteiger partial charge in [0, 0.05) is 31.7 Å². The number of hydrogen-bond donors (Lipinski definition) is 2. The molecule has 0 rings (SSSR count). The van der Waals surface area contributed by atoms with Gasteiger partial charge >= 0.3 is 0 Å². The minimum Gasteiger partial charge on any atom is -0.396 e. The SMILES string of the molecule is C=CCP(=O)(CCO)CCO. The van der Waals surface area contributed by atoms with E-state index in [-0.39, 0.29) is 13.2 Å². The molecule has 0 amide bonds. The monoisotopic (exact) mass is 178 g/mol. The van der Waals surface area contributed by atoms with Gasteiger partial charge in [0.15, 0.2) is 0 Å². The van der Waals surface area contributed by atoms with Crippen LogP contribution in [0.3, 0.4) is 0 Å². The van der Waals surface area contributed by atoms with E-state index in [0.717, 1.165) is 0 Å². The van der Waals surface area contributed by atoms with Crippen molar-refractivity contribution in [3.63, 3.8) is 0 Å². The lowest BCUT2D eigenvalue weighted by Crippen LogP contribution is -2.04. The van der Waals surface area contributed by atoms with Crippen molar-refractivity contribution in [1.29, 1.82) is 0 Å². The van der Waals surface area contributed by atoms with Crippen LogP contribution in [-0.4, -0.2) is 41.9 Å². The molecule has 4 heteroatoms. The van der Waals surface area contributed by atoms with Gasteiger partial charge in [-0.2, -0.15) is 0 Å². The van der Waals surface area contributed by atoms with E-state index in [9.17, 15) is 4.57 Å². The third kappa shape index (κ3) is 4.35. The molecule has 0 spiro atoms. The fourth-order valence-corrected chi connectivity index (χ4v) is 2.68. The van der Waals surface area contributed by atoms with E-state index in [0.29, 0.717) is 18.5 Å². The van der Waals surface area contributed by atoms with E-state index in [1.807, 2.05) is 0 Å². The molecule has 0 aliphatic heterocycles. The Morgan fingerprint density at radius 3 is 2.00 bits per heavy atom. The van der Waals surface area contributed by atoms with Crippen molar-refractivity contribution in [1.82, 2.24) is 0 Å². The lowest BCUT2D eigenvalue weighted by molar-refractivity contribution is 0.312. The molecule has 0 saturated carbocycles. The molecule has 11 heavy (non-hydrogen) atoms. The van der Waals surface area contributed by atoms with Crippen LogP contribution in [0.2, 0.25) is 0 Å². The zero-order valence-corrected chi connectivity index (χ0v) is 7.46. The van der Waals surface area contributed by atoms with Gasteiger partial charge < -0.3 is 14.8 Å². The second-order valence-corrected chi connectivity index (χ2v) is 5.80. The quantitative estimate of drug-likeness (QED) is 0.460. The molecule has 0 aromatic carbocycles. The summed E-state index contributed by atoms with van der Waals surface area (Å²) in [5.74, 6) is 0. The summed E-state index contributed by atoms with van der Waals surface area (Å²) in [4.78, 5) is 0. The zero-order valence-electron chi connectivity index (χ0n) is 6.57. The summed E-state index contributed by atoms with van der Waals surface area (Å²) in [6.07, 6.45) is 2.57. The van der Waals surface area contributed by atoms with Crippen LogP contribution < -0.4 is 0 Å². The van der Waals surface area contributed by atoms with Crippen molar-refractivity contribution in [2.75, 3.05) is 31.7 Å². The first kappa shape index (κ1) is 10.9. The fourth-order valence-electron chi connectivity index (χ4n) is 0.894. The summed E-state index contributed by atoms with van der Waals surface area (Å²) < 4.78 is 11.6. The first-order chi connectivity index (χ1) is 5.18.